The van der Waals surface area contributed by atoms with Crippen LogP contribution in [0.1, 0.15) is 12.0 Å². The van der Waals surface area contributed by atoms with Gasteiger partial charge in [-0.3, -0.25) is 4.79 Å². The predicted octanol–water partition coefficient (Wildman–Crippen LogP) is 1.51. The molecule has 0 saturated heterocycles. The Morgan fingerprint density at radius 2 is 2.47 bits per heavy atom. The van der Waals surface area contributed by atoms with Gasteiger partial charge in [0.1, 0.15) is 5.75 Å². The molecule has 0 aliphatic carbocycles. The van der Waals surface area contributed by atoms with Gasteiger partial charge in [0.15, 0.2) is 0 Å². The van der Waals surface area contributed by atoms with Crippen LogP contribution in [0.2, 0.25) is 0 Å². The van der Waals surface area contributed by atoms with E-state index in [9.17, 15) is 4.79 Å². The molecule has 1 unspecified atom stereocenters. The zero-order valence-corrected chi connectivity index (χ0v) is 8.49. The number of carboxylic acid groups (broad SMARTS) is 1. The van der Waals surface area contributed by atoms with Crippen LogP contribution in [0, 0.1) is 0 Å². The normalized spacial score (nSPS) is 18.1. The number of methoxy groups -OCH3 is 1. The third kappa shape index (κ3) is 2.03. The molecule has 0 saturated carbocycles. The van der Waals surface area contributed by atoms with Crippen molar-refractivity contribution in [2.45, 2.75) is 18.9 Å². The number of benzene rings is 1. The van der Waals surface area contributed by atoms with Crippen molar-refractivity contribution in [1.29, 1.82) is 0 Å². The Balaban J connectivity index is 2.13. The molecule has 2 N–H and O–H groups in total. The van der Waals surface area contributed by atoms with Crippen molar-refractivity contribution in [1.82, 2.24) is 0 Å². The standard InChI is InChI=1S/C11H13NO3/c1-15-9-3-2-7-4-8(5-11(13)14)12-10(7)6-9/h2-3,6,8,12H,4-5H2,1H3,(H,13,14). The molecule has 80 valence electrons. The molecule has 1 aliphatic heterocycles. The number of nitrogens with one attached hydrogen (secondary N) is 1. The van der Waals surface area contributed by atoms with Crippen molar-refractivity contribution in [3.8, 4) is 5.75 Å². The summed E-state index contributed by atoms with van der Waals surface area (Å²) in [5.74, 6) is 0.0181. The van der Waals surface area contributed by atoms with Gasteiger partial charge >= 0.3 is 5.97 Å². The highest BCUT2D eigenvalue weighted by Crippen LogP contribution is 2.30. The van der Waals surface area contributed by atoms with Gasteiger partial charge < -0.3 is 15.2 Å². The Hall–Kier alpha value is -1.71. The molecule has 0 amide bonds. The number of ether oxygens (including phenoxy) is 1. The second-order valence-electron chi connectivity index (χ2n) is 3.67. The Kier molecular flexibility index (Phi) is 2.49. The van der Waals surface area contributed by atoms with Gasteiger partial charge in [0.05, 0.1) is 13.5 Å². The molecule has 0 fully saturated rings. The largest absolute Gasteiger partial charge is 0.497 e. The van der Waals surface area contributed by atoms with E-state index in [-0.39, 0.29) is 12.5 Å². The van der Waals surface area contributed by atoms with Gasteiger partial charge in [-0.25, -0.2) is 0 Å². The Labute approximate surface area is 87.9 Å². The molecule has 4 heteroatoms. The number of hydrogen-bond donors (Lipinski definition) is 2. The summed E-state index contributed by atoms with van der Waals surface area (Å²) in [5, 5.41) is 11.9. The van der Waals surface area contributed by atoms with Crippen LogP contribution in [0.4, 0.5) is 5.69 Å². The van der Waals surface area contributed by atoms with Gasteiger partial charge in [-0.05, 0) is 18.1 Å². The summed E-state index contributed by atoms with van der Waals surface area (Å²) in [4.78, 5) is 10.6. The molecule has 0 aromatic heterocycles. The number of rotatable bonds is 3. The van der Waals surface area contributed by atoms with Gasteiger partial charge in [0.2, 0.25) is 0 Å². The molecule has 0 radical (unpaired) electrons. The average Bonchev–Trinajstić information content (AvgIpc) is 2.57. The lowest BCUT2D eigenvalue weighted by Crippen LogP contribution is -2.19. The quantitative estimate of drug-likeness (QED) is 0.788. The number of aliphatic carboxylic acids is 1. The minimum absolute atomic E-state index is 0.00426. The fraction of sp³-hybridized carbons (Fsp3) is 0.364. The summed E-state index contributed by atoms with van der Waals surface area (Å²) >= 11 is 0. The minimum atomic E-state index is -0.771. The van der Waals surface area contributed by atoms with E-state index in [0.29, 0.717) is 0 Å². The van der Waals surface area contributed by atoms with Crippen LogP contribution in [0.3, 0.4) is 0 Å². The van der Waals surface area contributed by atoms with Crippen LogP contribution in [0.5, 0.6) is 5.75 Å². The highest BCUT2D eigenvalue weighted by atomic mass is 16.5. The Morgan fingerprint density at radius 1 is 1.67 bits per heavy atom. The van der Waals surface area contributed by atoms with Crippen LogP contribution >= 0.6 is 0 Å². The molecule has 1 aliphatic rings. The van der Waals surface area contributed by atoms with Crippen LogP contribution in [0.15, 0.2) is 18.2 Å². The molecule has 4 nitrogen and oxygen atoms in total. The summed E-state index contributed by atoms with van der Waals surface area (Å²) in [6.45, 7) is 0. The molecule has 1 atom stereocenters. The molecule has 1 aromatic carbocycles. The summed E-state index contributed by atoms with van der Waals surface area (Å²) < 4.78 is 5.10. The average molecular weight is 207 g/mol. The Morgan fingerprint density at radius 3 is 3.13 bits per heavy atom. The summed E-state index contributed by atoms with van der Waals surface area (Å²) in [6, 6.07) is 5.77. The van der Waals surface area contributed by atoms with E-state index in [1.807, 2.05) is 18.2 Å². The molecule has 0 bridgehead atoms. The lowest BCUT2D eigenvalue weighted by molar-refractivity contribution is -0.137. The second-order valence-corrected chi connectivity index (χ2v) is 3.67. The molecule has 0 spiro atoms. The van der Waals surface area contributed by atoms with Crippen molar-refractivity contribution in [2.24, 2.45) is 0 Å². The molecule has 1 aromatic rings. The number of fused-ring (bicyclic) bond motifs is 1. The van der Waals surface area contributed by atoms with Crippen molar-refractivity contribution in [3.05, 3.63) is 23.8 Å². The SMILES string of the molecule is COc1ccc2c(c1)NC(CC(=O)O)C2. The molecular weight excluding hydrogens is 194 g/mol. The lowest BCUT2D eigenvalue weighted by atomic mass is 10.1. The first-order valence-electron chi connectivity index (χ1n) is 4.84. The van der Waals surface area contributed by atoms with E-state index in [0.717, 1.165) is 23.4 Å². The third-order valence-corrected chi connectivity index (χ3v) is 2.56. The lowest BCUT2D eigenvalue weighted by Gasteiger charge is -2.07. The highest BCUT2D eigenvalue weighted by Gasteiger charge is 2.22. The zero-order valence-electron chi connectivity index (χ0n) is 8.49. The second kappa shape index (κ2) is 3.81. The van der Waals surface area contributed by atoms with Gasteiger partial charge in [0, 0.05) is 17.8 Å². The topological polar surface area (TPSA) is 58.6 Å². The highest BCUT2D eigenvalue weighted by molar-refractivity contribution is 5.70. The predicted molar refractivity (Wildman–Crippen MR) is 56.4 cm³/mol. The first kappa shape index (κ1) is 9.83. The van der Waals surface area contributed by atoms with Gasteiger partial charge in [0.25, 0.3) is 0 Å². The summed E-state index contributed by atoms with van der Waals surface area (Å²) in [6.07, 6.45) is 0.919. The summed E-state index contributed by atoms with van der Waals surface area (Å²) in [5.41, 5.74) is 2.14. The molecule has 1 heterocycles. The molecule has 2 rings (SSSR count). The first-order chi connectivity index (χ1) is 7.19. The van der Waals surface area contributed by atoms with Crippen LogP contribution in [-0.2, 0) is 11.2 Å². The maximum atomic E-state index is 10.6. The van der Waals surface area contributed by atoms with E-state index in [4.69, 9.17) is 9.84 Å². The van der Waals surface area contributed by atoms with Crippen molar-refractivity contribution in [3.63, 3.8) is 0 Å². The van der Waals surface area contributed by atoms with E-state index >= 15 is 0 Å². The summed E-state index contributed by atoms with van der Waals surface area (Å²) in [7, 11) is 1.62. The maximum Gasteiger partial charge on any atom is 0.305 e. The fourth-order valence-electron chi connectivity index (χ4n) is 1.87. The third-order valence-electron chi connectivity index (χ3n) is 2.56. The van der Waals surface area contributed by atoms with Gasteiger partial charge in [-0.15, -0.1) is 0 Å². The van der Waals surface area contributed by atoms with Crippen molar-refractivity contribution in [2.75, 3.05) is 12.4 Å². The number of carbonyl (C=O) groups is 1. The zero-order chi connectivity index (χ0) is 10.8. The first-order valence-corrected chi connectivity index (χ1v) is 4.84. The molecule has 15 heavy (non-hydrogen) atoms. The number of anilines is 1. The van der Waals surface area contributed by atoms with Crippen molar-refractivity contribution < 1.29 is 14.6 Å². The van der Waals surface area contributed by atoms with Crippen LogP contribution < -0.4 is 10.1 Å². The van der Waals surface area contributed by atoms with Crippen LogP contribution in [-0.4, -0.2) is 24.2 Å². The number of hydrogen-bond acceptors (Lipinski definition) is 3. The fourth-order valence-corrected chi connectivity index (χ4v) is 1.87. The van der Waals surface area contributed by atoms with Crippen molar-refractivity contribution >= 4 is 11.7 Å². The van der Waals surface area contributed by atoms with Crippen LogP contribution in [0.25, 0.3) is 0 Å². The Bertz CT molecular complexity index is 389. The van der Waals surface area contributed by atoms with E-state index < -0.39 is 5.97 Å². The number of carboxylic acids is 1. The van der Waals surface area contributed by atoms with E-state index in [1.54, 1.807) is 7.11 Å². The minimum Gasteiger partial charge on any atom is -0.497 e. The van der Waals surface area contributed by atoms with E-state index in [1.165, 1.54) is 0 Å². The monoisotopic (exact) mass is 207 g/mol. The smallest absolute Gasteiger partial charge is 0.305 e. The molecular formula is C11H13NO3. The van der Waals surface area contributed by atoms with E-state index in [2.05, 4.69) is 5.32 Å². The maximum absolute atomic E-state index is 10.6. The van der Waals surface area contributed by atoms with Gasteiger partial charge in [-0.2, -0.15) is 0 Å². The van der Waals surface area contributed by atoms with Gasteiger partial charge in [-0.1, -0.05) is 6.07 Å².